The minimum Gasteiger partial charge on any atom is -0.314 e. The van der Waals surface area contributed by atoms with Crippen LogP contribution in [0.5, 0.6) is 0 Å². The van der Waals surface area contributed by atoms with Crippen molar-refractivity contribution in [1.29, 1.82) is 0 Å². The Morgan fingerprint density at radius 3 is 2.73 bits per heavy atom. The molecule has 0 saturated carbocycles. The SMILES string of the molecule is CC1CCC(c2cccc3c2N=CCC(S(=O)(=O)c2ccccc2Cl)C3)CCCN1. The Hall–Kier alpha value is -1.69. The van der Waals surface area contributed by atoms with Gasteiger partial charge in [-0.05, 0) is 74.8 Å². The molecule has 1 saturated heterocycles. The van der Waals surface area contributed by atoms with Gasteiger partial charge in [0.15, 0.2) is 9.84 Å². The fourth-order valence-electron chi connectivity index (χ4n) is 4.65. The lowest BCUT2D eigenvalue weighted by Gasteiger charge is -2.26. The smallest absolute Gasteiger partial charge is 0.183 e. The van der Waals surface area contributed by atoms with Crippen molar-refractivity contribution in [2.45, 2.75) is 67.6 Å². The number of rotatable bonds is 3. The van der Waals surface area contributed by atoms with Crippen molar-refractivity contribution in [3.05, 3.63) is 58.6 Å². The Kier molecular flexibility index (Phi) is 6.61. The van der Waals surface area contributed by atoms with Crippen molar-refractivity contribution in [2.24, 2.45) is 4.99 Å². The van der Waals surface area contributed by atoms with Gasteiger partial charge in [-0.25, -0.2) is 8.42 Å². The van der Waals surface area contributed by atoms with E-state index in [0.717, 1.165) is 43.5 Å². The average molecular weight is 445 g/mol. The van der Waals surface area contributed by atoms with Crippen LogP contribution in [0.15, 0.2) is 52.4 Å². The molecule has 0 radical (unpaired) electrons. The van der Waals surface area contributed by atoms with Gasteiger partial charge in [0.05, 0.1) is 20.9 Å². The van der Waals surface area contributed by atoms with Gasteiger partial charge in [-0.2, -0.15) is 0 Å². The molecule has 2 aromatic rings. The highest BCUT2D eigenvalue weighted by atomic mass is 35.5. The van der Waals surface area contributed by atoms with E-state index in [0.29, 0.717) is 24.8 Å². The molecule has 2 aliphatic rings. The summed E-state index contributed by atoms with van der Waals surface area (Å²) in [5, 5.41) is 3.29. The van der Waals surface area contributed by atoms with Crippen LogP contribution in [0.25, 0.3) is 0 Å². The first kappa shape index (κ1) is 21.5. The minimum atomic E-state index is -3.55. The summed E-state index contributed by atoms with van der Waals surface area (Å²) in [6.45, 7) is 3.30. The third kappa shape index (κ3) is 4.48. The van der Waals surface area contributed by atoms with E-state index in [9.17, 15) is 8.42 Å². The average Bonchev–Trinajstić information content (AvgIpc) is 2.94. The van der Waals surface area contributed by atoms with Crippen LogP contribution in [-0.2, 0) is 16.3 Å². The summed E-state index contributed by atoms with van der Waals surface area (Å²) in [7, 11) is -3.55. The van der Waals surface area contributed by atoms with E-state index in [-0.39, 0.29) is 9.92 Å². The first-order valence-electron chi connectivity index (χ1n) is 10.8. The van der Waals surface area contributed by atoms with E-state index in [1.54, 1.807) is 30.5 Å². The monoisotopic (exact) mass is 444 g/mol. The Morgan fingerprint density at radius 1 is 1.07 bits per heavy atom. The molecule has 1 N–H and O–H groups in total. The van der Waals surface area contributed by atoms with Crippen LogP contribution >= 0.6 is 11.6 Å². The van der Waals surface area contributed by atoms with Gasteiger partial charge in [0.25, 0.3) is 0 Å². The number of para-hydroxylation sites is 1. The Bertz CT molecular complexity index is 1040. The largest absolute Gasteiger partial charge is 0.314 e. The van der Waals surface area contributed by atoms with Gasteiger partial charge in [-0.15, -0.1) is 0 Å². The number of benzene rings is 2. The third-order valence-corrected chi connectivity index (χ3v) is 9.03. The second-order valence-corrected chi connectivity index (χ2v) is 11.1. The number of fused-ring (bicyclic) bond motifs is 1. The molecule has 2 heterocycles. The normalized spacial score (nSPS) is 25.1. The molecule has 0 aliphatic carbocycles. The molecule has 0 spiro atoms. The molecule has 160 valence electrons. The van der Waals surface area contributed by atoms with Gasteiger partial charge in [-0.3, -0.25) is 4.99 Å². The van der Waals surface area contributed by atoms with Crippen molar-refractivity contribution in [1.82, 2.24) is 5.32 Å². The fraction of sp³-hybridized carbons (Fsp3) is 0.458. The summed E-state index contributed by atoms with van der Waals surface area (Å²) >= 11 is 6.22. The molecule has 3 unspecified atom stereocenters. The summed E-state index contributed by atoms with van der Waals surface area (Å²) in [6.07, 6.45) is 7.19. The van der Waals surface area contributed by atoms with Crippen molar-refractivity contribution < 1.29 is 8.42 Å². The van der Waals surface area contributed by atoms with Crippen LogP contribution in [0.4, 0.5) is 5.69 Å². The van der Waals surface area contributed by atoms with Gasteiger partial charge < -0.3 is 5.32 Å². The predicted molar refractivity (Wildman–Crippen MR) is 124 cm³/mol. The van der Waals surface area contributed by atoms with Crippen molar-refractivity contribution >= 4 is 33.3 Å². The fourth-order valence-corrected chi connectivity index (χ4v) is 6.81. The van der Waals surface area contributed by atoms with Crippen LogP contribution in [0.1, 0.15) is 56.1 Å². The molecule has 0 bridgehead atoms. The molecule has 0 aromatic heterocycles. The highest BCUT2D eigenvalue weighted by Gasteiger charge is 2.31. The number of sulfone groups is 1. The maximum absolute atomic E-state index is 13.3. The molecule has 4 nitrogen and oxygen atoms in total. The zero-order valence-corrected chi connectivity index (χ0v) is 18.9. The van der Waals surface area contributed by atoms with Gasteiger partial charge in [0, 0.05) is 18.7 Å². The van der Waals surface area contributed by atoms with Crippen LogP contribution in [0.3, 0.4) is 0 Å². The van der Waals surface area contributed by atoms with Gasteiger partial charge in [0.1, 0.15) is 0 Å². The molecule has 6 heteroatoms. The topological polar surface area (TPSA) is 58.5 Å². The summed E-state index contributed by atoms with van der Waals surface area (Å²) in [5.41, 5.74) is 3.28. The first-order valence-corrected chi connectivity index (χ1v) is 12.8. The number of hydrogen-bond donors (Lipinski definition) is 1. The van der Waals surface area contributed by atoms with Crippen LogP contribution in [0, 0.1) is 0 Å². The molecule has 30 heavy (non-hydrogen) atoms. The Morgan fingerprint density at radius 2 is 1.90 bits per heavy atom. The second-order valence-electron chi connectivity index (χ2n) is 8.48. The molecule has 4 rings (SSSR count). The van der Waals surface area contributed by atoms with E-state index in [2.05, 4.69) is 24.4 Å². The highest BCUT2D eigenvalue weighted by Crippen LogP contribution is 2.39. The lowest BCUT2D eigenvalue weighted by atomic mass is 9.85. The summed E-state index contributed by atoms with van der Waals surface area (Å²) in [6, 6.07) is 13.5. The number of halogens is 1. The summed E-state index contributed by atoms with van der Waals surface area (Å²) < 4.78 is 26.6. The maximum Gasteiger partial charge on any atom is 0.183 e. The minimum absolute atomic E-state index is 0.214. The third-order valence-electron chi connectivity index (χ3n) is 6.38. The molecule has 0 amide bonds. The molecule has 2 aliphatic heterocycles. The van der Waals surface area contributed by atoms with Gasteiger partial charge in [0.2, 0.25) is 0 Å². The van der Waals surface area contributed by atoms with Crippen LogP contribution in [0.2, 0.25) is 5.02 Å². The van der Waals surface area contributed by atoms with Crippen molar-refractivity contribution in [2.75, 3.05) is 6.54 Å². The van der Waals surface area contributed by atoms with Crippen molar-refractivity contribution in [3.8, 4) is 0 Å². The zero-order chi connectivity index (χ0) is 21.1. The van der Waals surface area contributed by atoms with E-state index in [1.165, 1.54) is 5.56 Å². The number of aliphatic imine (C=N–C) groups is 1. The van der Waals surface area contributed by atoms with Crippen LogP contribution in [-0.4, -0.2) is 32.5 Å². The quantitative estimate of drug-likeness (QED) is 0.683. The molecule has 2 aromatic carbocycles. The Labute approximate surface area is 184 Å². The molecular formula is C24H29ClN2O2S. The lowest BCUT2D eigenvalue weighted by molar-refractivity contribution is 0.406. The van der Waals surface area contributed by atoms with E-state index in [4.69, 9.17) is 16.6 Å². The Balaban J connectivity index is 1.65. The number of nitrogens with one attached hydrogen (secondary N) is 1. The zero-order valence-electron chi connectivity index (χ0n) is 17.4. The van der Waals surface area contributed by atoms with Gasteiger partial charge in [-0.1, -0.05) is 41.9 Å². The molecule has 1 fully saturated rings. The summed E-state index contributed by atoms with van der Waals surface area (Å²) in [5.74, 6) is 0.471. The van der Waals surface area contributed by atoms with Gasteiger partial charge >= 0.3 is 0 Å². The van der Waals surface area contributed by atoms with E-state index < -0.39 is 15.1 Å². The predicted octanol–water partition coefficient (Wildman–Crippen LogP) is 5.47. The number of nitrogens with zero attached hydrogens (tertiary/aromatic N) is 1. The van der Waals surface area contributed by atoms with E-state index >= 15 is 0 Å². The second kappa shape index (κ2) is 9.21. The first-order chi connectivity index (χ1) is 14.5. The number of hydrogen-bond acceptors (Lipinski definition) is 4. The molecule has 3 atom stereocenters. The van der Waals surface area contributed by atoms with Crippen molar-refractivity contribution in [3.63, 3.8) is 0 Å². The standard InChI is InChI=1S/C24H29ClN2O2S/c1-17-11-12-18(7-5-14-26-17)21-8-4-6-19-16-20(13-15-27-24(19)21)30(28,29)23-10-3-2-9-22(23)25/h2-4,6,8-10,15,17-18,20,26H,5,7,11-14,16H2,1H3. The van der Waals surface area contributed by atoms with Crippen LogP contribution < -0.4 is 5.32 Å². The highest BCUT2D eigenvalue weighted by molar-refractivity contribution is 7.92. The van der Waals surface area contributed by atoms with E-state index in [1.807, 2.05) is 6.07 Å². The maximum atomic E-state index is 13.3. The lowest BCUT2D eigenvalue weighted by Crippen LogP contribution is -2.29. The molecular weight excluding hydrogens is 416 g/mol. The summed E-state index contributed by atoms with van der Waals surface area (Å²) in [4.78, 5) is 4.99.